The second-order valence-electron chi connectivity index (χ2n) is 5.15. The number of nitrogens with zero attached hydrogens (tertiary/aromatic N) is 1. The third-order valence-corrected chi connectivity index (χ3v) is 3.78. The molecule has 0 aliphatic rings. The van der Waals surface area contributed by atoms with Gasteiger partial charge in [-0.3, -0.25) is 4.79 Å². The Hall–Kier alpha value is -2.33. The monoisotopic (exact) mass is 432 g/mol. The van der Waals surface area contributed by atoms with E-state index in [0.717, 1.165) is 14.7 Å². The maximum absolute atomic E-state index is 12.3. The molecule has 5 heteroatoms. The molecule has 0 unspecified atom stereocenters. The average molecular weight is 432 g/mol. The normalized spacial score (nSPS) is 10.8. The first-order chi connectivity index (χ1) is 11.5. The van der Waals surface area contributed by atoms with Crippen molar-refractivity contribution < 1.29 is 9.53 Å². The molecule has 1 amide bonds. The lowest BCUT2D eigenvalue weighted by Crippen LogP contribution is -2.13. The number of halogens is 1. The number of nitriles is 1. The minimum Gasteiger partial charge on any atom is -0.494 e. The maximum atomic E-state index is 12.3. The third-order valence-electron chi connectivity index (χ3n) is 3.16. The van der Waals surface area contributed by atoms with E-state index in [2.05, 4.69) is 27.9 Å². The summed E-state index contributed by atoms with van der Waals surface area (Å²) >= 11 is 2.18. The summed E-state index contributed by atoms with van der Waals surface area (Å²) in [6, 6.07) is 15.0. The first kappa shape index (κ1) is 18.0. The summed E-state index contributed by atoms with van der Waals surface area (Å²) in [7, 11) is 0. The third kappa shape index (κ3) is 5.10. The second-order valence-corrected chi connectivity index (χ2v) is 6.39. The van der Waals surface area contributed by atoms with Crippen molar-refractivity contribution >= 4 is 40.3 Å². The molecule has 0 bridgehead atoms. The quantitative estimate of drug-likeness (QED) is 0.429. The second kappa shape index (κ2) is 8.50. The standard InChI is InChI=1S/C19H17IN2O2/c1-3-24-18-10-14(9-16(20)11-18)8-15(12-21)19(23)22-17-6-4-5-13(2)7-17/h4-11H,3H2,1-2H3,(H,22,23)/b15-8+. The predicted octanol–water partition coefficient (Wildman–Crippen LogP) is 4.54. The molecule has 0 aliphatic heterocycles. The number of aryl methyl sites for hydroxylation is 1. The number of ether oxygens (including phenoxy) is 1. The maximum Gasteiger partial charge on any atom is 0.266 e. The molecule has 122 valence electrons. The summed E-state index contributed by atoms with van der Waals surface area (Å²) in [6.45, 7) is 4.41. The first-order valence-corrected chi connectivity index (χ1v) is 8.53. The fraction of sp³-hybridized carbons (Fsp3) is 0.158. The van der Waals surface area contributed by atoms with E-state index in [1.807, 2.05) is 56.3 Å². The van der Waals surface area contributed by atoms with E-state index >= 15 is 0 Å². The molecule has 4 nitrogen and oxygen atoms in total. The highest BCUT2D eigenvalue weighted by Gasteiger charge is 2.10. The van der Waals surface area contributed by atoms with Crippen molar-refractivity contribution in [3.05, 3.63) is 62.7 Å². The van der Waals surface area contributed by atoms with Crippen LogP contribution in [0.3, 0.4) is 0 Å². The van der Waals surface area contributed by atoms with Crippen molar-refractivity contribution in [2.24, 2.45) is 0 Å². The molecule has 0 atom stereocenters. The minimum absolute atomic E-state index is 0.0426. The molecule has 0 fully saturated rings. The minimum atomic E-state index is -0.431. The Kier molecular flexibility index (Phi) is 6.38. The molecule has 0 heterocycles. The van der Waals surface area contributed by atoms with Crippen LogP contribution in [-0.4, -0.2) is 12.5 Å². The molecule has 2 rings (SSSR count). The highest BCUT2D eigenvalue weighted by Crippen LogP contribution is 2.21. The van der Waals surface area contributed by atoms with E-state index in [1.54, 1.807) is 12.1 Å². The molecule has 0 radical (unpaired) electrons. The zero-order chi connectivity index (χ0) is 17.5. The van der Waals surface area contributed by atoms with Crippen LogP contribution in [-0.2, 0) is 4.79 Å². The number of hydrogen-bond donors (Lipinski definition) is 1. The van der Waals surface area contributed by atoms with Crippen LogP contribution in [0.25, 0.3) is 6.08 Å². The fourth-order valence-electron chi connectivity index (χ4n) is 2.15. The van der Waals surface area contributed by atoms with Gasteiger partial charge in [-0.2, -0.15) is 5.26 Å². The van der Waals surface area contributed by atoms with Crippen LogP contribution in [0.15, 0.2) is 48.0 Å². The van der Waals surface area contributed by atoms with Crippen LogP contribution >= 0.6 is 22.6 Å². The van der Waals surface area contributed by atoms with Crippen molar-refractivity contribution in [1.82, 2.24) is 0 Å². The van der Waals surface area contributed by atoms with Crippen LogP contribution in [0.4, 0.5) is 5.69 Å². The molecule has 2 aromatic rings. The van der Waals surface area contributed by atoms with Gasteiger partial charge in [0, 0.05) is 9.26 Å². The summed E-state index contributed by atoms with van der Waals surface area (Å²) < 4.78 is 6.47. The van der Waals surface area contributed by atoms with Crippen molar-refractivity contribution in [3.63, 3.8) is 0 Å². The van der Waals surface area contributed by atoms with Crippen LogP contribution in [0.5, 0.6) is 5.75 Å². The number of hydrogen-bond acceptors (Lipinski definition) is 3. The molecular weight excluding hydrogens is 415 g/mol. The topological polar surface area (TPSA) is 62.1 Å². The van der Waals surface area contributed by atoms with Gasteiger partial charge in [-0.15, -0.1) is 0 Å². The zero-order valence-electron chi connectivity index (χ0n) is 13.5. The smallest absolute Gasteiger partial charge is 0.266 e. The van der Waals surface area contributed by atoms with Gasteiger partial charge >= 0.3 is 0 Å². The van der Waals surface area contributed by atoms with Gasteiger partial charge in [-0.05, 0) is 84.0 Å². The van der Waals surface area contributed by atoms with Crippen LogP contribution in [0.2, 0.25) is 0 Å². The van der Waals surface area contributed by atoms with Crippen molar-refractivity contribution in [2.75, 3.05) is 11.9 Å². The highest BCUT2D eigenvalue weighted by molar-refractivity contribution is 14.1. The van der Waals surface area contributed by atoms with Crippen LogP contribution in [0, 0.1) is 21.8 Å². The van der Waals surface area contributed by atoms with E-state index in [-0.39, 0.29) is 5.57 Å². The van der Waals surface area contributed by atoms with E-state index < -0.39 is 5.91 Å². The molecule has 0 aliphatic carbocycles. The van der Waals surface area contributed by atoms with Crippen LogP contribution in [0.1, 0.15) is 18.1 Å². The van der Waals surface area contributed by atoms with Crippen LogP contribution < -0.4 is 10.1 Å². The number of benzene rings is 2. The van der Waals surface area contributed by atoms with Crippen molar-refractivity contribution in [2.45, 2.75) is 13.8 Å². The number of anilines is 1. The largest absolute Gasteiger partial charge is 0.494 e. The Labute approximate surface area is 155 Å². The number of amides is 1. The van der Waals surface area contributed by atoms with Gasteiger partial charge in [0.05, 0.1) is 6.61 Å². The molecule has 24 heavy (non-hydrogen) atoms. The van der Waals surface area contributed by atoms with Gasteiger partial charge in [0.15, 0.2) is 0 Å². The Morgan fingerprint density at radius 2 is 2.12 bits per heavy atom. The number of carbonyl (C=O) groups excluding carboxylic acids is 1. The van der Waals surface area contributed by atoms with Gasteiger partial charge in [0.25, 0.3) is 5.91 Å². The molecule has 0 saturated heterocycles. The van der Waals surface area contributed by atoms with Gasteiger partial charge in [-0.1, -0.05) is 12.1 Å². The molecule has 1 N–H and O–H groups in total. The average Bonchev–Trinajstić information content (AvgIpc) is 2.52. The Morgan fingerprint density at radius 3 is 2.79 bits per heavy atom. The van der Waals surface area contributed by atoms with Gasteiger partial charge in [0.2, 0.25) is 0 Å². The predicted molar refractivity (Wildman–Crippen MR) is 104 cm³/mol. The SMILES string of the molecule is CCOc1cc(I)cc(/C=C(\C#N)C(=O)Nc2cccc(C)c2)c1. The molecule has 2 aromatic carbocycles. The zero-order valence-corrected chi connectivity index (χ0v) is 15.6. The fourth-order valence-corrected chi connectivity index (χ4v) is 2.82. The lowest BCUT2D eigenvalue weighted by Gasteiger charge is -2.07. The summed E-state index contributed by atoms with van der Waals surface area (Å²) in [5.74, 6) is 0.284. The van der Waals surface area contributed by atoms with Crippen molar-refractivity contribution in [1.29, 1.82) is 5.26 Å². The van der Waals surface area contributed by atoms with E-state index in [9.17, 15) is 10.1 Å². The lowest BCUT2D eigenvalue weighted by atomic mass is 10.1. The van der Waals surface area contributed by atoms with E-state index in [0.29, 0.717) is 18.0 Å². The van der Waals surface area contributed by atoms with Gasteiger partial charge < -0.3 is 10.1 Å². The molecule has 0 spiro atoms. The number of rotatable bonds is 5. The molecular formula is C19H17IN2O2. The molecule has 0 aromatic heterocycles. The van der Waals surface area contributed by atoms with E-state index in [1.165, 1.54) is 0 Å². The Balaban J connectivity index is 2.25. The lowest BCUT2D eigenvalue weighted by molar-refractivity contribution is -0.112. The Morgan fingerprint density at radius 1 is 1.33 bits per heavy atom. The number of carbonyl (C=O) groups is 1. The summed E-state index contributed by atoms with van der Waals surface area (Å²) in [6.07, 6.45) is 1.57. The van der Waals surface area contributed by atoms with Gasteiger partial charge in [-0.25, -0.2) is 0 Å². The summed E-state index contributed by atoms with van der Waals surface area (Å²) in [5.41, 5.74) is 2.50. The first-order valence-electron chi connectivity index (χ1n) is 7.45. The number of nitrogens with one attached hydrogen (secondary N) is 1. The summed E-state index contributed by atoms with van der Waals surface area (Å²) in [5, 5.41) is 12.1. The summed E-state index contributed by atoms with van der Waals surface area (Å²) in [4.78, 5) is 12.3. The highest BCUT2D eigenvalue weighted by atomic mass is 127. The van der Waals surface area contributed by atoms with Crippen molar-refractivity contribution in [3.8, 4) is 11.8 Å². The molecule has 0 saturated carbocycles. The van der Waals surface area contributed by atoms with Gasteiger partial charge in [0.1, 0.15) is 17.4 Å². The Bertz CT molecular complexity index is 822. The van der Waals surface area contributed by atoms with E-state index in [4.69, 9.17) is 4.74 Å².